The zero-order valence-electron chi connectivity index (χ0n) is 7.54. The molecule has 0 saturated carbocycles. The highest BCUT2D eigenvalue weighted by Crippen LogP contribution is 1.93. The number of carbonyl (C=O) groups excluding carboxylic acids is 1. The Hall–Kier alpha value is -0.396. The van der Waals surface area contributed by atoms with Gasteiger partial charge in [-0.25, -0.2) is 4.79 Å². The molecule has 0 aromatic heterocycles. The van der Waals surface area contributed by atoms with Gasteiger partial charge in [0.25, 0.3) is 0 Å². The number of esters is 1. The molecule has 0 aromatic rings. The Balaban J connectivity index is 0.000000202. The molecule has 0 bridgehead atoms. The van der Waals surface area contributed by atoms with Crippen LogP contribution in [0, 0.1) is 0 Å². The lowest BCUT2D eigenvalue weighted by Crippen LogP contribution is -2.15. The van der Waals surface area contributed by atoms with Crippen molar-refractivity contribution in [3.05, 3.63) is 12.7 Å². The Morgan fingerprint density at radius 3 is 2.58 bits per heavy atom. The summed E-state index contributed by atoms with van der Waals surface area (Å²) < 4.78 is 9.41. The molecule has 1 heterocycles. The molecule has 0 aliphatic carbocycles. The Morgan fingerprint density at radius 1 is 1.75 bits per heavy atom. The molecule has 1 rings (SSSR count). The van der Waals surface area contributed by atoms with E-state index < -0.39 is 5.97 Å². The second-order valence-electron chi connectivity index (χ2n) is 2.40. The molecule has 0 atom stereocenters. The molecule has 1 aliphatic rings. The lowest BCUT2D eigenvalue weighted by atomic mass is 10.5. The molecule has 0 radical (unpaired) electrons. The second kappa shape index (κ2) is 8.70. The van der Waals surface area contributed by atoms with Crippen molar-refractivity contribution in [2.45, 2.75) is 12.5 Å². The Morgan fingerprint density at radius 2 is 2.50 bits per heavy atom. The van der Waals surface area contributed by atoms with Crippen LogP contribution in [0.5, 0.6) is 0 Å². The standard InChI is InChI=1S/C4H6O2.C3H10OSi2/c1-3-4(5)6-2;1-2-4-6-5-3-1/h3H,1H2,2H3;1-3,5-6H2. The van der Waals surface area contributed by atoms with Crippen LogP contribution >= 0.6 is 0 Å². The van der Waals surface area contributed by atoms with Gasteiger partial charge in [0.2, 0.25) is 0 Å². The summed E-state index contributed by atoms with van der Waals surface area (Å²) >= 11 is 0. The van der Waals surface area contributed by atoms with Gasteiger partial charge < -0.3 is 9.16 Å². The van der Waals surface area contributed by atoms with E-state index in [1.54, 1.807) is 6.04 Å². The number of hydrogen-bond acceptors (Lipinski definition) is 3. The fourth-order valence-electron chi connectivity index (χ4n) is 0.770. The maximum atomic E-state index is 9.84. The van der Waals surface area contributed by atoms with Gasteiger partial charge in [-0.3, -0.25) is 0 Å². The maximum absolute atomic E-state index is 9.84. The van der Waals surface area contributed by atoms with E-state index in [-0.39, 0.29) is 9.28 Å². The molecule has 1 fully saturated rings. The molecular weight excluding hydrogens is 188 g/mol. The first-order valence-corrected chi connectivity index (χ1v) is 9.67. The van der Waals surface area contributed by atoms with Crippen LogP contribution in [-0.4, -0.2) is 38.0 Å². The molecule has 3 nitrogen and oxygen atoms in total. The monoisotopic (exact) mass is 204 g/mol. The SMILES string of the molecule is C1CO[SiH2][SiH2]C1.C=CC(=O)OC. The Bertz CT molecular complexity index is 123. The molecule has 0 aromatic carbocycles. The quantitative estimate of drug-likeness (QED) is 0.323. The lowest BCUT2D eigenvalue weighted by molar-refractivity contribution is -0.134. The van der Waals surface area contributed by atoms with Crippen molar-refractivity contribution >= 4 is 24.3 Å². The van der Waals surface area contributed by atoms with Gasteiger partial charge in [0.15, 0.2) is 0 Å². The van der Waals surface area contributed by atoms with Gasteiger partial charge in [0, 0.05) is 21.7 Å². The van der Waals surface area contributed by atoms with E-state index in [2.05, 4.69) is 11.3 Å². The molecule has 1 saturated heterocycles. The van der Waals surface area contributed by atoms with Crippen LogP contribution < -0.4 is 0 Å². The van der Waals surface area contributed by atoms with Gasteiger partial charge in [-0.2, -0.15) is 0 Å². The average Bonchev–Trinajstić information content (AvgIpc) is 2.20. The average molecular weight is 204 g/mol. The number of carbonyl (C=O) groups is 1. The first-order valence-electron chi connectivity index (χ1n) is 4.09. The van der Waals surface area contributed by atoms with Crippen LogP contribution in [0.3, 0.4) is 0 Å². The number of methoxy groups -OCH3 is 1. The van der Waals surface area contributed by atoms with Crippen molar-refractivity contribution in [2.75, 3.05) is 13.7 Å². The maximum Gasteiger partial charge on any atom is 0.329 e. The second-order valence-corrected chi connectivity index (χ2v) is 7.98. The number of rotatable bonds is 1. The van der Waals surface area contributed by atoms with Crippen LogP contribution in [0.1, 0.15) is 6.42 Å². The third kappa shape index (κ3) is 7.71. The predicted molar refractivity (Wildman–Crippen MR) is 54.7 cm³/mol. The highest BCUT2D eigenvalue weighted by Gasteiger charge is 1.96. The predicted octanol–water partition coefficient (Wildman–Crippen LogP) is -0.662. The lowest BCUT2D eigenvalue weighted by Gasteiger charge is -2.07. The van der Waals surface area contributed by atoms with Crippen molar-refractivity contribution in [3.8, 4) is 0 Å². The highest BCUT2D eigenvalue weighted by atomic mass is 29.2. The molecule has 0 unspecified atom stereocenters. The van der Waals surface area contributed by atoms with Gasteiger partial charge in [-0.1, -0.05) is 12.6 Å². The fraction of sp³-hybridized carbons (Fsp3) is 0.571. The van der Waals surface area contributed by atoms with E-state index in [9.17, 15) is 4.79 Å². The van der Waals surface area contributed by atoms with Crippen LogP contribution in [0.2, 0.25) is 6.04 Å². The number of ether oxygens (including phenoxy) is 1. The molecular formula is C7H16O3Si2. The van der Waals surface area contributed by atoms with E-state index in [1.165, 1.54) is 13.5 Å². The zero-order valence-corrected chi connectivity index (χ0v) is 10.4. The third-order valence-corrected chi connectivity index (χ3v) is 6.54. The molecule has 12 heavy (non-hydrogen) atoms. The van der Waals surface area contributed by atoms with Gasteiger partial charge >= 0.3 is 5.97 Å². The summed E-state index contributed by atoms with van der Waals surface area (Å²) in [6.45, 7) is 4.25. The summed E-state index contributed by atoms with van der Waals surface area (Å²) in [7, 11) is 1.88. The van der Waals surface area contributed by atoms with Crippen LogP contribution in [0.15, 0.2) is 12.7 Å². The number of hydrogen-bond donors (Lipinski definition) is 0. The minimum Gasteiger partial charge on any atom is -0.466 e. The molecule has 70 valence electrons. The first kappa shape index (κ1) is 11.6. The Kier molecular flexibility index (Phi) is 8.41. The Labute approximate surface area is 77.7 Å². The van der Waals surface area contributed by atoms with Crippen LogP contribution in [-0.2, 0) is 14.0 Å². The van der Waals surface area contributed by atoms with Crippen molar-refractivity contribution in [1.29, 1.82) is 0 Å². The summed E-state index contributed by atoms with van der Waals surface area (Å²) in [5, 5.41) is 0. The van der Waals surface area contributed by atoms with Crippen molar-refractivity contribution in [2.24, 2.45) is 0 Å². The van der Waals surface area contributed by atoms with Crippen molar-refractivity contribution in [3.63, 3.8) is 0 Å². The van der Waals surface area contributed by atoms with Gasteiger partial charge in [0.05, 0.1) is 7.11 Å². The fourth-order valence-corrected chi connectivity index (χ4v) is 5.04. The van der Waals surface area contributed by atoms with E-state index in [4.69, 9.17) is 4.43 Å². The van der Waals surface area contributed by atoms with Gasteiger partial charge in [-0.05, 0) is 6.42 Å². The van der Waals surface area contributed by atoms with Crippen molar-refractivity contribution in [1.82, 2.24) is 0 Å². The van der Waals surface area contributed by atoms with Crippen LogP contribution in [0.4, 0.5) is 0 Å². The van der Waals surface area contributed by atoms with Crippen molar-refractivity contribution < 1.29 is 14.0 Å². The van der Waals surface area contributed by atoms with Gasteiger partial charge in [-0.15, -0.1) is 0 Å². The highest BCUT2D eigenvalue weighted by molar-refractivity contribution is 6.97. The van der Waals surface area contributed by atoms with E-state index in [1.807, 2.05) is 0 Å². The summed E-state index contributed by atoms with van der Waals surface area (Å²) in [5.74, 6) is -0.394. The van der Waals surface area contributed by atoms with Gasteiger partial charge in [0.1, 0.15) is 9.28 Å². The van der Waals surface area contributed by atoms with E-state index in [0.717, 1.165) is 12.7 Å². The molecule has 0 N–H and O–H groups in total. The zero-order chi connectivity index (χ0) is 9.23. The first-order chi connectivity index (χ1) is 5.81. The summed E-state index contributed by atoms with van der Waals surface area (Å²) in [5.41, 5.74) is 0. The van der Waals surface area contributed by atoms with E-state index in [0.29, 0.717) is 9.04 Å². The summed E-state index contributed by atoms with van der Waals surface area (Å²) in [6, 6.07) is 1.58. The minimum atomic E-state index is -0.394. The summed E-state index contributed by atoms with van der Waals surface area (Å²) in [4.78, 5) is 9.84. The molecule has 5 heteroatoms. The molecule has 0 spiro atoms. The topological polar surface area (TPSA) is 35.5 Å². The smallest absolute Gasteiger partial charge is 0.329 e. The molecule has 1 aliphatic heterocycles. The largest absolute Gasteiger partial charge is 0.466 e. The van der Waals surface area contributed by atoms with Crippen LogP contribution in [0.25, 0.3) is 0 Å². The van der Waals surface area contributed by atoms with E-state index >= 15 is 0 Å². The minimum absolute atomic E-state index is 0.147. The summed E-state index contributed by atoms with van der Waals surface area (Å²) in [6.07, 6.45) is 2.49. The molecule has 0 amide bonds. The third-order valence-electron chi connectivity index (χ3n) is 1.45. The normalized spacial score (nSPS) is 19.4.